The molecule has 0 aromatic carbocycles. The highest BCUT2D eigenvalue weighted by molar-refractivity contribution is 5.74. The minimum atomic E-state index is -1.60. The van der Waals surface area contributed by atoms with Crippen molar-refractivity contribution in [2.75, 3.05) is 27.4 Å². The van der Waals surface area contributed by atoms with Gasteiger partial charge in [-0.25, -0.2) is 0 Å². The smallest absolute Gasteiger partial charge is 0.309 e. The van der Waals surface area contributed by atoms with Gasteiger partial charge in [0, 0.05) is 40.4 Å². The Balaban J connectivity index is 0.768. The molecular formula is C47H72O20. The van der Waals surface area contributed by atoms with Crippen LogP contribution in [0.1, 0.15) is 86.0 Å². The van der Waals surface area contributed by atoms with Gasteiger partial charge in [0.1, 0.15) is 48.8 Å². The molecule has 6 N–H and O–H groups in total. The second-order valence-electron chi connectivity index (χ2n) is 20.5. The summed E-state index contributed by atoms with van der Waals surface area (Å²) in [5.74, 6) is -1.52. The van der Waals surface area contributed by atoms with Crippen LogP contribution in [0.25, 0.3) is 0 Å². The summed E-state index contributed by atoms with van der Waals surface area (Å²) in [7, 11) is 3.08. The minimum Gasteiger partial charge on any atom is -0.469 e. The van der Waals surface area contributed by atoms with Gasteiger partial charge in [-0.3, -0.25) is 4.79 Å². The molecule has 2 aliphatic carbocycles. The van der Waals surface area contributed by atoms with Gasteiger partial charge in [0.05, 0.1) is 80.1 Å². The third-order valence-corrected chi connectivity index (χ3v) is 16.3. The molecule has 9 rings (SSSR count). The number of ether oxygens (including phenoxy) is 13. The van der Waals surface area contributed by atoms with Crippen LogP contribution in [0.3, 0.4) is 0 Å². The number of rotatable bonds is 11. The molecule has 0 radical (unpaired) electrons. The lowest BCUT2D eigenvalue weighted by molar-refractivity contribution is -0.356. The maximum atomic E-state index is 13.8. The van der Waals surface area contributed by atoms with Crippen LogP contribution in [0.4, 0.5) is 0 Å². The Kier molecular flexibility index (Phi) is 14.9. The Morgan fingerprint density at radius 2 is 1.37 bits per heavy atom. The highest BCUT2D eigenvalue weighted by Gasteiger charge is 2.59. The Hall–Kier alpha value is -1.93. The first kappa shape index (κ1) is 50.0. The van der Waals surface area contributed by atoms with Crippen molar-refractivity contribution >= 4 is 5.97 Å². The van der Waals surface area contributed by atoms with E-state index in [1.807, 2.05) is 13.8 Å². The molecular weight excluding hydrogens is 884 g/mol. The molecule has 0 aromatic rings. The molecule has 1 saturated carbocycles. The highest BCUT2D eigenvalue weighted by atomic mass is 16.8. The average molecular weight is 957 g/mol. The number of esters is 1. The van der Waals surface area contributed by atoms with Gasteiger partial charge in [-0.05, 0) is 69.8 Å². The van der Waals surface area contributed by atoms with E-state index in [-0.39, 0.29) is 42.7 Å². The van der Waals surface area contributed by atoms with Crippen molar-refractivity contribution in [1.82, 2.24) is 0 Å². The van der Waals surface area contributed by atoms with Gasteiger partial charge in [0.25, 0.3) is 0 Å². The van der Waals surface area contributed by atoms with Gasteiger partial charge in [-0.15, -0.1) is 0 Å². The third kappa shape index (κ3) is 9.51. The average Bonchev–Trinajstić information content (AvgIpc) is 3.81. The van der Waals surface area contributed by atoms with Gasteiger partial charge in [0.15, 0.2) is 25.2 Å². The summed E-state index contributed by atoms with van der Waals surface area (Å²) < 4.78 is 79.5. The Bertz CT molecular complexity index is 1790. The van der Waals surface area contributed by atoms with E-state index in [2.05, 4.69) is 13.0 Å². The zero-order valence-electron chi connectivity index (χ0n) is 39.4. The van der Waals surface area contributed by atoms with E-state index >= 15 is 0 Å². The monoisotopic (exact) mass is 956 g/mol. The number of aliphatic hydroxyl groups excluding tert-OH is 6. The summed E-state index contributed by atoms with van der Waals surface area (Å²) in [4.78, 5) is 13.8. The molecule has 67 heavy (non-hydrogen) atoms. The van der Waals surface area contributed by atoms with Gasteiger partial charge in [-0.2, -0.15) is 0 Å². The molecule has 380 valence electrons. The van der Waals surface area contributed by atoms with Gasteiger partial charge in [0.2, 0.25) is 5.79 Å². The Morgan fingerprint density at radius 1 is 0.746 bits per heavy atom. The summed E-state index contributed by atoms with van der Waals surface area (Å²) in [6, 6.07) is 0. The third-order valence-electron chi connectivity index (χ3n) is 16.3. The van der Waals surface area contributed by atoms with E-state index in [0.717, 1.165) is 18.4 Å². The predicted molar refractivity (Wildman–Crippen MR) is 227 cm³/mol. The summed E-state index contributed by atoms with van der Waals surface area (Å²) in [5.41, 5.74) is 1.84. The van der Waals surface area contributed by atoms with Crippen molar-refractivity contribution in [3.63, 3.8) is 0 Å². The van der Waals surface area contributed by atoms with Gasteiger partial charge < -0.3 is 92.2 Å². The van der Waals surface area contributed by atoms with Crippen molar-refractivity contribution in [3.8, 4) is 0 Å². The van der Waals surface area contributed by atoms with E-state index in [1.54, 1.807) is 27.2 Å². The number of hydrogen-bond acceptors (Lipinski definition) is 20. The number of allylic oxidation sites excluding steroid dienone is 1. The lowest BCUT2D eigenvalue weighted by Crippen LogP contribution is -2.62. The van der Waals surface area contributed by atoms with Crippen LogP contribution in [-0.4, -0.2) is 193 Å². The predicted octanol–water partition coefficient (Wildman–Crippen LogP) is 0.829. The summed E-state index contributed by atoms with van der Waals surface area (Å²) >= 11 is 0. The normalized spacial score (nSPS) is 52.3. The van der Waals surface area contributed by atoms with E-state index in [4.69, 9.17) is 61.6 Å². The molecule has 25 atom stereocenters. The first-order valence-corrected chi connectivity index (χ1v) is 24.2. The molecule has 0 bridgehead atoms. The number of carbonyl (C=O) groups excluding carboxylic acids is 1. The van der Waals surface area contributed by atoms with Crippen molar-refractivity contribution in [2.24, 2.45) is 23.2 Å². The highest BCUT2D eigenvalue weighted by Crippen LogP contribution is 2.57. The lowest BCUT2D eigenvalue weighted by Gasteiger charge is -2.52. The van der Waals surface area contributed by atoms with E-state index < -0.39 is 135 Å². The fraction of sp³-hybridized carbons (Fsp3) is 0.894. The van der Waals surface area contributed by atoms with Crippen LogP contribution in [0.2, 0.25) is 0 Å². The molecule has 20 nitrogen and oxygen atoms in total. The van der Waals surface area contributed by atoms with E-state index in [9.17, 15) is 35.4 Å². The van der Waals surface area contributed by atoms with E-state index in [1.165, 1.54) is 12.7 Å². The van der Waals surface area contributed by atoms with Crippen molar-refractivity contribution in [2.45, 2.75) is 215 Å². The fourth-order valence-electron chi connectivity index (χ4n) is 12.6. The molecule has 20 heteroatoms. The molecule has 7 fully saturated rings. The molecule has 0 aromatic heterocycles. The van der Waals surface area contributed by atoms with Crippen LogP contribution < -0.4 is 0 Å². The molecule has 0 unspecified atom stereocenters. The number of carbonyl (C=O) groups is 1. The standard InChI is InChI=1S/C47H72O20/c1-20-41(65-36-15-31(56-7)43(22(3)61-36)67-45-40(53)39(52)38(51)32(17-48)64-45)27(49)13-34(59-20)66-42-21(2)60-35(14-30(42)55-6)62-29-12-24-9-10-25-26(46(24,4)16-28(29)50)11-8-23-18-57-47(5)37(23)33(19-58-47)63-44(25)54/h9,18,20-22,25-43,45,48-53H,8,10-17,19H2,1-7H3/t20-,21+,22+,25-,26+,27+,28-,29-,30-,31-,32-,33-,34+,35-,36+,37-,38-,39+,40-,41-,42+,43+,45+,46+,47+/m1/s1. The van der Waals surface area contributed by atoms with Crippen molar-refractivity contribution in [1.29, 1.82) is 0 Å². The largest absolute Gasteiger partial charge is 0.469 e. The lowest BCUT2D eigenvalue weighted by atomic mass is 9.55. The zero-order valence-corrected chi connectivity index (χ0v) is 39.4. The number of methoxy groups -OCH3 is 2. The second kappa shape index (κ2) is 19.9. The van der Waals surface area contributed by atoms with Crippen molar-refractivity contribution < 1.29 is 97.0 Å². The van der Waals surface area contributed by atoms with Crippen LogP contribution in [0, 0.1) is 23.2 Å². The zero-order chi connectivity index (χ0) is 47.7. The van der Waals surface area contributed by atoms with Crippen LogP contribution >= 0.6 is 0 Å². The quantitative estimate of drug-likeness (QED) is 0.124. The van der Waals surface area contributed by atoms with Crippen LogP contribution in [0.15, 0.2) is 23.5 Å². The molecule has 0 spiro atoms. The molecule has 9 aliphatic rings. The number of fused-ring (bicyclic) bond motifs is 3. The molecule has 0 amide bonds. The Morgan fingerprint density at radius 3 is 2.03 bits per heavy atom. The fourth-order valence-corrected chi connectivity index (χ4v) is 12.6. The molecule has 7 heterocycles. The summed E-state index contributed by atoms with van der Waals surface area (Å²) in [5, 5.41) is 63.8. The van der Waals surface area contributed by atoms with Gasteiger partial charge in [-0.1, -0.05) is 18.6 Å². The van der Waals surface area contributed by atoms with Crippen LogP contribution in [-0.2, 0) is 66.4 Å². The second-order valence-corrected chi connectivity index (χ2v) is 20.5. The number of aliphatic hydroxyl groups is 6. The first-order chi connectivity index (χ1) is 31.9. The summed E-state index contributed by atoms with van der Waals surface area (Å²) in [6.45, 7) is 9.14. The maximum Gasteiger partial charge on any atom is 0.309 e. The SMILES string of the molecule is CO[C@@H]1C[C@@H](O[C@@H]2CC3=CC[C@H]4C(=O)O[C@@H]5CO[C@]6(C)OC=C(CC[C@@H]4[C@@]3(C)C[C@H]2O)[C@H]56)O[C@@H](C)[C@@H]1O[C@H]1C[C@H](O)[C@H](O[C@H]2C[C@@H](OC)[C@@H](O[C@@H]3O[C@H](CO)[C@@H](O)[C@H](O)[C@H]3O)[C@H](C)O2)[C@@H](C)O1. The van der Waals surface area contributed by atoms with Crippen LogP contribution in [0.5, 0.6) is 0 Å². The summed E-state index contributed by atoms with van der Waals surface area (Å²) in [6.07, 6.45) is -9.91. The number of hydrogen-bond donors (Lipinski definition) is 6. The van der Waals surface area contributed by atoms with Gasteiger partial charge >= 0.3 is 5.97 Å². The molecule has 6 saturated heterocycles. The van der Waals surface area contributed by atoms with E-state index in [0.29, 0.717) is 32.3 Å². The minimum absolute atomic E-state index is 0.0362. The molecule has 7 aliphatic heterocycles. The maximum absolute atomic E-state index is 13.8. The Labute approximate surface area is 390 Å². The first-order valence-electron chi connectivity index (χ1n) is 24.2. The van der Waals surface area contributed by atoms with Crippen molar-refractivity contribution in [3.05, 3.63) is 23.5 Å². The topological polar surface area (TPSA) is 258 Å².